The lowest BCUT2D eigenvalue weighted by Gasteiger charge is -2.24. The fourth-order valence-electron chi connectivity index (χ4n) is 3.88. The highest BCUT2D eigenvalue weighted by Crippen LogP contribution is 2.45. The smallest absolute Gasteiger partial charge is 0.227 e. The van der Waals surface area contributed by atoms with Gasteiger partial charge in [-0.3, -0.25) is 4.79 Å². The van der Waals surface area contributed by atoms with Crippen LogP contribution in [0, 0.1) is 17.8 Å². The molecule has 4 rings (SSSR count). The number of anilines is 2. The van der Waals surface area contributed by atoms with Crippen LogP contribution in [-0.2, 0) is 4.79 Å². The number of carbonyl (C=O) groups excluding carboxylic acids is 1. The summed E-state index contributed by atoms with van der Waals surface area (Å²) in [7, 11) is 0. The zero-order chi connectivity index (χ0) is 13.5. The Morgan fingerprint density at radius 1 is 0.950 bits per heavy atom. The van der Waals surface area contributed by atoms with E-state index in [1.807, 2.05) is 12.1 Å². The summed E-state index contributed by atoms with van der Waals surface area (Å²) in [6.45, 7) is 0. The van der Waals surface area contributed by atoms with Crippen LogP contribution in [-0.4, -0.2) is 11.9 Å². The molecular weight excluding hydrogens is 248 g/mol. The van der Waals surface area contributed by atoms with Gasteiger partial charge in [-0.1, -0.05) is 6.42 Å². The van der Waals surface area contributed by atoms with E-state index in [9.17, 15) is 4.79 Å². The summed E-state index contributed by atoms with van der Waals surface area (Å²) < 4.78 is 0. The van der Waals surface area contributed by atoms with Crippen LogP contribution < -0.4 is 10.6 Å². The van der Waals surface area contributed by atoms with Gasteiger partial charge in [0.05, 0.1) is 0 Å². The van der Waals surface area contributed by atoms with E-state index in [1.54, 1.807) is 0 Å². The molecule has 3 fully saturated rings. The van der Waals surface area contributed by atoms with Gasteiger partial charge in [0.1, 0.15) is 0 Å². The largest absolute Gasteiger partial charge is 0.382 e. The monoisotopic (exact) mass is 270 g/mol. The lowest BCUT2D eigenvalue weighted by atomic mass is 9.95. The minimum absolute atomic E-state index is 0.179. The SMILES string of the molecule is O=C(Nc1ccc(NC2CC3CCC2C3)cc1)C1CC1. The van der Waals surface area contributed by atoms with Crippen LogP contribution in [0.3, 0.4) is 0 Å². The predicted octanol–water partition coefficient (Wildman–Crippen LogP) is 3.64. The van der Waals surface area contributed by atoms with Crippen LogP contribution >= 0.6 is 0 Å². The van der Waals surface area contributed by atoms with E-state index in [4.69, 9.17) is 0 Å². The van der Waals surface area contributed by atoms with Gasteiger partial charge >= 0.3 is 0 Å². The molecule has 1 aromatic carbocycles. The molecular formula is C17H22N2O. The molecule has 2 N–H and O–H groups in total. The van der Waals surface area contributed by atoms with Crippen molar-refractivity contribution >= 4 is 17.3 Å². The molecule has 3 aliphatic rings. The van der Waals surface area contributed by atoms with E-state index in [0.717, 1.165) is 30.4 Å². The summed E-state index contributed by atoms with van der Waals surface area (Å²) in [5.41, 5.74) is 2.10. The summed E-state index contributed by atoms with van der Waals surface area (Å²) >= 11 is 0. The summed E-state index contributed by atoms with van der Waals surface area (Å²) in [6, 6.07) is 8.87. The van der Waals surface area contributed by atoms with Gasteiger partial charge in [-0.2, -0.15) is 0 Å². The molecule has 3 heteroatoms. The Morgan fingerprint density at radius 3 is 2.30 bits per heavy atom. The number of hydrogen-bond donors (Lipinski definition) is 2. The molecule has 106 valence electrons. The molecule has 3 unspecified atom stereocenters. The third kappa shape index (κ3) is 2.41. The van der Waals surface area contributed by atoms with Crippen molar-refractivity contribution in [3.8, 4) is 0 Å². The Kier molecular flexibility index (Phi) is 2.94. The molecule has 3 atom stereocenters. The van der Waals surface area contributed by atoms with Crippen molar-refractivity contribution in [3.05, 3.63) is 24.3 Å². The van der Waals surface area contributed by atoms with Crippen LogP contribution in [0.15, 0.2) is 24.3 Å². The molecule has 0 aliphatic heterocycles. The molecule has 1 amide bonds. The average molecular weight is 270 g/mol. The fourth-order valence-corrected chi connectivity index (χ4v) is 3.88. The summed E-state index contributed by atoms with van der Waals surface area (Å²) in [5.74, 6) is 2.30. The first-order valence-electron chi connectivity index (χ1n) is 7.95. The van der Waals surface area contributed by atoms with Gasteiger partial charge in [0, 0.05) is 23.3 Å². The van der Waals surface area contributed by atoms with Crippen molar-refractivity contribution in [1.82, 2.24) is 0 Å². The number of amides is 1. The molecule has 3 aliphatic carbocycles. The van der Waals surface area contributed by atoms with Crippen LogP contribution in [0.25, 0.3) is 0 Å². The molecule has 2 bridgehead atoms. The van der Waals surface area contributed by atoms with E-state index in [1.165, 1.54) is 31.4 Å². The third-order valence-corrected chi connectivity index (χ3v) is 5.19. The van der Waals surface area contributed by atoms with Gasteiger partial charge in [-0.15, -0.1) is 0 Å². The van der Waals surface area contributed by atoms with Gasteiger partial charge in [0.15, 0.2) is 0 Å². The second-order valence-corrected chi connectivity index (χ2v) is 6.77. The first-order chi connectivity index (χ1) is 9.78. The van der Waals surface area contributed by atoms with E-state index < -0.39 is 0 Å². The molecule has 0 aromatic heterocycles. The Balaban J connectivity index is 1.36. The molecule has 1 aromatic rings. The van der Waals surface area contributed by atoms with Crippen molar-refractivity contribution in [2.24, 2.45) is 17.8 Å². The number of carbonyl (C=O) groups is 1. The number of hydrogen-bond acceptors (Lipinski definition) is 2. The molecule has 3 nitrogen and oxygen atoms in total. The summed E-state index contributed by atoms with van der Waals surface area (Å²) in [5, 5.41) is 6.66. The second kappa shape index (κ2) is 4.80. The quantitative estimate of drug-likeness (QED) is 0.877. The van der Waals surface area contributed by atoms with E-state index in [-0.39, 0.29) is 11.8 Å². The van der Waals surface area contributed by atoms with Gasteiger partial charge in [0.2, 0.25) is 5.91 Å². The molecule has 20 heavy (non-hydrogen) atoms. The van der Waals surface area contributed by atoms with E-state index in [0.29, 0.717) is 6.04 Å². The second-order valence-electron chi connectivity index (χ2n) is 6.77. The van der Waals surface area contributed by atoms with E-state index in [2.05, 4.69) is 22.8 Å². The maximum absolute atomic E-state index is 11.7. The number of nitrogens with one attached hydrogen (secondary N) is 2. The standard InChI is InChI=1S/C17H22N2O/c20-17(12-3-4-12)19-15-7-5-14(6-8-15)18-16-10-11-1-2-13(16)9-11/h5-8,11-13,16,18H,1-4,9-10H2,(H,19,20). The minimum Gasteiger partial charge on any atom is -0.382 e. The van der Waals surface area contributed by atoms with Crippen LogP contribution in [0.2, 0.25) is 0 Å². The lowest BCUT2D eigenvalue weighted by molar-refractivity contribution is -0.117. The Bertz CT molecular complexity index is 506. The average Bonchev–Trinajstić information content (AvgIpc) is 3.12. The van der Waals surface area contributed by atoms with Gasteiger partial charge in [0.25, 0.3) is 0 Å². The van der Waals surface area contributed by atoms with Crippen molar-refractivity contribution in [2.45, 2.75) is 44.6 Å². The third-order valence-electron chi connectivity index (χ3n) is 5.19. The number of fused-ring (bicyclic) bond motifs is 2. The molecule has 0 saturated heterocycles. The minimum atomic E-state index is 0.179. The summed E-state index contributed by atoms with van der Waals surface area (Å²) in [6.07, 6.45) is 7.70. The van der Waals surface area contributed by atoms with E-state index >= 15 is 0 Å². The molecule has 0 spiro atoms. The lowest BCUT2D eigenvalue weighted by Crippen LogP contribution is -2.25. The zero-order valence-electron chi connectivity index (χ0n) is 11.8. The molecule has 3 saturated carbocycles. The van der Waals surface area contributed by atoms with Gasteiger partial charge < -0.3 is 10.6 Å². The first kappa shape index (κ1) is 12.2. The molecule has 0 heterocycles. The highest BCUT2D eigenvalue weighted by atomic mass is 16.2. The highest BCUT2D eigenvalue weighted by molar-refractivity contribution is 5.94. The topological polar surface area (TPSA) is 41.1 Å². The molecule has 0 radical (unpaired) electrons. The zero-order valence-corrected chi connectivity index (χ0v) is 11.8. The maximum Gasteiger partial charge on any atom is 0.227 e. The number of benzene rings is 1. The fraction of sp³-hybridized carbons (Fsp3) is 0.588. The Morgan fingerprint density at radius 2 is 1.70 bits per heavy atom. The predicted molar refractivity (Wildman–Crippen MR) is 80.7 cm³/mol. The van der Waals surface area contributed by atoms with Crippen LogP contribution in [0.4, 0.5) is 11.4 Å². The Hall–Kier alpha value is -1.51. The van der Waals surface area contributed by atoms with Crippen molar-refractivity contribution in [2.75, 3.05) is 10.6 Å². The van der Waals surface area contributed by atoms with Crippen LogP contribution in [0.1, 0.15) is 38.5 Å². The highest BCUT2D eigenvalue weighted by Gasteiger charge is 2.39. The summed E-state index contributed by atoms with van der Waals surface area (Å²) in [4.78, 5) is 11.7. The Labute approximate surface area is 120 Å². The maximum atomic E-state index is 11.7. The van der Waals surface area contributed by atoms with Gasteiger partial charge in [-0.05, 0) is 68.2 Å². The van der Waals surface area contributed by atoms with Crippen molar-refractivity contribution in [3.63, 3.8) is 0 Å². The number of rotatable bonds is 4. The normalized spacial score (nSPS) is 31.3. The first-order valence-corrected chi connectivity index (χ1v) is 7.95. The van der Waals surface area contributed by atoms with Crippen molar-refractivity contribution in [1.29, 1.82) is 0 Å². The van der Waals surface area contributed by atoms with Gasteiger partial charge in [-0.25, -0.2) is 0 Å². The van der Waals surface area contributed by atoms with Crippen molar-refractivity contribution < 1.29 is 4.79 Å². The van der Waals surface area contributed by atoms with Crippen LogP contribution in [0.5, 0.6) is 0 Å².